The van der Waals surface area contributed by atoms with Crippen molar-refractivity contribution in [3.05, 3.63) is 52.8 Å². The molecule has 0 aliphatic rings. The van der Waals surface area contributed by atoms with E-state index in [1.165, 1.54) is 32.0 Å². The van der Waals surface area contributed by atoms with Crippen molar-refractivity contribution in [3.63, 3.8) is 0 Å². The van der Waals surface area contributed by atoms with Crippen LogP contribution in [-0.2, 0) is 18.8 Å². The molecule has 2 aromatic rings. The summed E-state index contributed by atoms with van der Waals surface area (Å²) in [5, 5.41) is 5.83. The summed E-state index contributed by atoms with van der Waals surface area (Å²) in [6.07, 6.45) is -8.72. The number of carbonyl (C=O) groups excluding carboxylic acids is 1. The van der Waals surface area contributed by atoms with E-state index < -0.39 is 41.1 Å². The monoisotopic (exact) mass is 393 g/mol. The average Bonchev–Trinajstić information content (AvgIpc) is 3.00. The van der Waals surface area contributed by atoms with Gasteiger partial charge in [0.05, 0.1) is 17.3 Å². The van der Waals surface area contributed by atoms with Gasteiger partial charge in [-0.15, -0.1) is 0 Å². The van der Waals surface area contributed by atoms with Crippen LogP contribution in [0.5, 0.6) is 0 Å². The van der Waals surface area contributed by atoms with Crippen LogP contribution in [0.25, 0.3) is 0 Å². The maximum atomic E-state index is 13.3. The molecule has 0 atom stereocenters. The minimum atomic E-state index is -4.80. The normalized spacial score (nSPS) is 12.5. The highest BCUT2D eigenvalue weighted by Gasteiger charge is 2.40. The van der Waals surface area contributed by atoms with Gasteiger partial charge in [0.25, 0.3) is 5.91 Å². The molecule has 148 valence electrons. The fourth-order valence-electron chi connectivity index (χ4n) is 2.62. The molecular weight excluding hydrogens is 376 g/mol. The molecule has 1 aromatic carbocycles. The van der Waals surface area contributed by atoms with E-state index in [-0.39, 0.29) is 18.5 Å². The van der Waals surface area contributed by atoms with Crippen molar-refractivity contribution in [2.75, 3.05) is 6.54 Å². The lowest BCUT2D eigenvalue weighted by Gasteiger charge is -2.15. The molecule has 1 aromatic heterocycles. The number of aromatic nitrogens is 2. The minimum Gasteiger partial charge on any atom is -0.352 e. The standard InChI is InChI=1S/C17H17F6N3O/c1-10(2)26-14(17(21,22)23)12(9-25-26)15(27)24-8-7-11-5-3-4-6-13(11)16(18,19)20/h3-6,9-10H,7-8H2,1-2H3,(H,24,27). The molecular formula is C17H17F6N3O. The molecule has 0 saturated carbocycles. The van der Waals surface area contributed by atoms with Crippen LogP contribution in [0.3, 0.4) is 0 Å². The van der Waals surface area contributed by atoms with Crippen molar-refractivity contribution < 1.29 is 31.1 Å². The van der Waals surface area contributed by atoms with Gasteiger partial charge >= 0.3 is 12.4 Å². The van der Waals surface area contributed by atoms with Crippen molar-refractivity contribution in [1.82, 2.24) is 15.1 Å². The minimum absolute atomic E-state index is 0.0563. The molecule has 1 heterocycles. The summed E-state index contributed by atoms with van der Waals surface area (Å²) in [5.41, 5.74) is -2.76. The summed E-state index contributed by atoms with van der Waals surface area (Å²) in [7, 11) is 0. The largest absolute Gasteiger partial charge is 0.433 e. The molecule has 0 aliphatic heterocycles. The second-order valence-electron chi connectivity index (χ2n) is 6.10. The maximum absolute atomic E-state index is 13.3. The number of benzene rings is 1. The summed E-state index contributed by atoms with van der Waals surface area (Å²) in [6.45, 7) is 2.71. The van der Waals surface area contributed by atoms with Crippen LogP contribution in [0, 0.1) is 0 Å². The highest BCUT2D eigenvalue weighted by Crippen LogP contribution is 2.34. The quantitative estimate of drug-likeness (QED) is 0.762. The van der Waals surface area contributed by atoms with Crippen molar-refractivity contribution in [1.29, 1.82) is 0 Å². The second-order valence-corrected chi connectivity index (χ2v) is 6.10. The molecule has 1 N–H and O–H groups in total. The van der Waals surface area contributed by atoms with E-state index in [0.29, 0.717) is 4.68 Å². The number of halogens is 6. The van der Waals surface area contributed by atoms with E-state index in [0.717, 1.165) is 12.3 Å². The zero-order valence-corrected chi connectivity index (χ0v) is 14.4. The van der Waals surface area contributed by atoms with Gasteiger partial charge in [0.2, 0.25) is 0 Å². The Hall–Kier alpha value is -2.52. The molecule has 2 rings (SSSR count). The predicted octanol–water partition coefficient (Wildman–Crippen LogP) is 4.47. The summed E-state index contributed by atoms with van der Waals surface area (Å²) >= 11 is 0. The third-order valence-corrected chi connectivity index (χ3v) is 3.80. The Kier molecular flexibility index (Phi) is 5.86. The number of hydrogen-bond donors (Lipinski definition) is 1. The summed E-state index contributed by atoms with van der Waals surface area (Å²) in [4.78, 5) is 12.1. The number of nitrogens with zero attached hydrogens (tertiary/aromatic N) is 2. The van der Waals surface area contributed by atoms with E-state index in [9.17, 15) is 31.1 Å². The smallest absolute Gasteiger partial charge is 0.352 e. The number of nitrogens with one attached hydrogen (secondary N) is 1. The van der Waals surface area contributed by atoms with Crippen LogP contribution in [0.2, 0.25) is 0 Å². The Balaban J connectivity index is 2.15. The topological polar surface area (TPSA) is 46.9 Å². The van der Waals surface area contributed by atoms with Crippen molar-refractivity contribution in [2.45, 2.75) is 38.7 Å². The van der Waals surface area contributed by atoms with Crippen LogP contribution in [0.1, 0.15) is 47.1 Å². The molecule has 0 aliphatic carbocycles. The number of rotatable bonds is 5. The molecule has 0 fully saturated rings. The maximum Gasteiger partial charge on any atom is 0.433 e. The molecule has 4 nitrogen and oxygen atoms in total. The predicted molar refractivity (Wildman–Crippen MR) is 85.1 cm³/mol. The van der Waals surface area contributed by atoms with Gasteiger partial charge in [-0.25, -0.2) is 0 Å². The molecule has 10 heteroatoms. The Morgan fingerprint density at radius 3 is 2.30 bits per heavy atom. The lowest BCUT2D eigenvalue weighted by molar-refractivity contribution is -0.145. The van der Waals surface area contributed by atoms with Gasteiger partial charge in [-0.2, -0.15) is 31.4 Å². The molecule has 1 amide bonds. The molecule has 0 saturated heterocycles. The Labute approximate surface area is 151 Å². The van der Waals surface area contributed by atoms with Gasteiger partial charge in [0, 0.05) is 12.6 Å². The Morgan fingerprint density at radius 2 is 1.74 bits per heavy atom. The first-order chi connectivity index (χ1) is 12.4. The zero-order valence-electron chi connectivity index (χ0n) is 14.4. The molecule has 0 spiro atoms. The first-order valence-electron chi connectivity index (χ1n) is 8.01. The van der Waals surface area contributed by atoms with Gasteiger partial charge in [0.15, 0.2) is 5.69 Å². The van der Waals surface area contributed by atoms with E-state index in [4.69, 9.17) is 0 Å². The molecule has 0 bridgehead atoms. The Morgan fingerprint density at radius 1 is 1.11 bits per heavy atom. The van der Waals surface area contributed by atoms with E-state index in [1.54, 1.807) is 0 Å². The first-order valence-corrected chi connectivity index (χ1v) is 8.01. The lowest BCUT2D eigenvalue weighted by Crippen LogP contribution is -2.29. The molecule has 0 unspecified atom stereocenters. The number of carbonyl (C=O) groups is 1. The van der Waals surface area contributed by atoms with Crippen molar-refractivity contribution >= 4 is 5.91 Å². The van der Waals surface area contributed by atoms with Gasteiger partial charge in [0.1, 0.15) is 0 Å². The number of alkyl halides is 6. The molecule has 27 heavy (non-hydrogen) atoms. The lowest BCUT2D eigenvalue weighted by atomic mass is 10.0. The third kappa shape index (κ3) is 4.81. The van der Waals surface area contributed by atoms with Crippen LogP contribution < -0.4 is 5.32 Å². The summed E-state index contributed by atoms with van der Waals surface area (Å²) in [6, 6.07) is 4.20. The second kappa shape index (κ2) is 7.61. The van der Waals surface area contributed by atoms with Crippen molar-refractivity contribution in [2.24, 2.45) is 0 Å². The summed E-state index contributed by atoms with van der Waals surface area (Å²) < 4.78 is 79.3. The summed E-state index contributed by atoms with van der Waals surface area (Å²) in [5.74, 6) is -1.04. The van der Waals surface area contributed by atoms with Crippen LogP contribution >= 0.6 is 0 Å². The SMILES string of the molecule is CC(C)n1ncc(C(=O)NCCc2ccccc2C(F)(F)F)c1C(F)(F)F. The van der Waals surface area contributed by atoms with Crippen LogP contribution in [0.15, 0.2) is 30.5 Å². The number of amides is 1. The number of hydrogen-bond acceptors (Lipinski definition) is 2. The van der Waals surface area contributed by atoms with E-state index >= 15 is 0 Å². The highest BCUT2D eigenvalue weighted by molar-refractivity contribution is 5.95. The molecule has 0 radical (unpaired) electrons. The van der Waals surface area contributed by atoms with Gasteiger partial charge in [-0.05, 0) is 31.9 Å². The zero-order chi connectivity index (χ0) is 20.4. The average molecular weight is 393 g/mol. The van der Waals surface area contributed by atoms with Crippen LogP contribution in [0.4, 0.5) is 26.3 Å². The Bertz CT molecular complexity index is 808. The fraction of sp³-hybridized carbons (Fsp3) is 0.412. The first kappa shape index (κ1) is 20.8. The third-order valence-electron chi connectivity index (χ3n) is 3.80. The fourth-order valence-corrected chi connectivity index (χ4v) is 2.62. The van der Waals surface area contributed by atoms with Gasteiger partial charge < -0.3 is 5.32 Å². The van der Waals surface area contributed by atoms with Crippen LogP contribution in [-0.4, -0.2) is 22.2 Å². The highest BCUT2D eigenvalue weighted by atomic mass is 19.4. The van der Waals surface area contributed by atoms with Crippen molar-refractivity contribution in [3.8, 4) is 0 Å². The van der Waals surface area contributed by atoms with E-state index in [1.807, 2.05) is 0 Å². The van der Waals surface area contributed by atoms with Gasteiger partial charge in [-0.1, -0.05) is 18.2 Å². The van der Waals surface area contributed by atoms with E-state index in [2.05, 4.69) is 10.4 Å². The van der Waals surface area contributed by atoms with Gasteiger partial charge in [-0.3, -0.25) is 9.48 Å².